The van der Waals surface area contributed by atoms with E-state index in [1.54, 1.807) is 0 Å². The second kappa shape index (κ2) is 6.53. The summed E-state index contributed by atoms with van der Waals surface area (Å²) in [5.74, 6) is 0.232. The molecule has 0 saturated heterocycles. The molecule has 106 valence electrons. The normalized spacial score (nSPS) is 11.4. The Bertz CT molecular complexity index is 587. The number of benzene rings is 2. The summed E-state index contributed by atoms with van der Waals surface area (Å²) < 4.78 is 0. The lowest BCUT2D eigenvalue weighted by Gasteiger charge is -2.23. The fourth-order valence-electron chi connectivity index (χ4n) is 2.59. The van der Waals surface area contributed by atoms with E-state index in [4.69, 9.17) is 5.73 Å². The molecule has 0 aliphatic carbocycles. The zero-order chi connectivity index (χ0) is 14.5. The van der Waals surface area contributed by atoms with Crippen LogP contribution in [0.5, 0.6) is 0 Å². The van der Waals surface area contributed by atoms with Crippen molar-refractivity contribution in [1.29, 1.82) is 0 Å². The van der Waals surface area contributed by atoms with Crippen LogP contribution in [0.3, 0.4) is 0 Å². The van der Waals surface area contributed by atoms with Gasteiger partial charge < -0.3 is 5.73 Å². The van der Waals surface area contributed by atoms with Crippen LogP contribution in [0, 0.1) is 5.92 Å². The van der Waals surface area contributed by atoms with Crippen LogP contribution in [-0.4, -0.2) is 23.9 Å². The molecule has 0 aliphatic heterocycles. The topological polar surface area (TPSA) is 46.3 Å². The zero-order valence-electron chi connectivity index (χ0n) is 12.2. The molecule has 0 fully saturated rings. The number of nitrogens with zero attached hydrogens (tertiary/aromatic N) is 1. The minimum Gasteiger partial charge on any atom is -0.369 e. The molecule has 0 aliphatic rings. The van der Waals surface area contributed by atoms with Crippen molar-refractivity contribution < 1.29 is 4.79 Å². The standard InChI is InChI=1S/C17H22N2O/c1-13(2)10-19(12-17(18)20)11-15-8-5-7-14-6-3-4-9-16(14)15/h3-9,13H,10-12H2,1-2H3,(H2,18,20). The van der Waals surface area contributed by atoms with Gasteiger partial charge in [0.25, 0.3) is 0 Å². The first-order chi connectivity index (χ1) is 9.56. The van der Waals surface area contributed by atoms with E-state index in [2.05, 4.69) is 49.1 Å². The Morgan fingerprint density at radius 2 is 1.85 bits per heavy atom. The number of carbonyl (C=O) groups is 1. The maximum Gasteiger partial charge on any atom is 0.231 e. The van der Waals surface area contributed by atoms with Crippen LogP contribution in [0.15, 0.2) is 42.5 Å². The molecule has 2 aromatic rings. The Morgan fingerprint density at radius 3 is 2.55 bits per heavy atom. The molecule has 0 unspecified atom stereocenters. The van der Waals surface area contributed by atoms with Crippen LogP contribution in [0.4, 0.5) is 0 Å². The number of rotatable bonds is 6. The summed E-state index contributed by atoms with van der Waals surface area (Å²) in [5.41, 5.74) is 6.60. The van der Waals surface area contributed by atoms with Crippen molar-refractivity contribution in [2.75, 3.05) is 13.1 Å². The summed E-state index contributed by atoms with van der Waals surface area (Å²) in [4.78, 5) is 13.3. The van der Waals surface area contributed by atoms with Gasteiger partial charge >= 0.3 is 0 Å². The molecule has 2 N–H and O–H groups in total. The fourth-order valence-corrected chi connectivity index (χ4v) is 2.59. The van der Waals surface area contributed by atoms with Crippen LogP contribution in [0.1, 0.15) is 19.4 Å². The van der Waals surface area contributed by atoms with Crippen molar-refractivity contribution in [2.24, 2.45) is 11.7 Å². The highest BCUT2D eigenvalue weighted by Crippen LogP contribution is 2.20. The van der Waals surface area contributed by atoms with Crippen molar-refractivity contribution >= 4 is 16.7 Å². The maximum atomic E-state index is 11.2. The molecular formula is C17H22N2O. The average molecular weight is 270 g/mol. The number of nitrogens with two attached hydrogens (primary N) is 1. The van der Waals surface area contributed by atoms with Crippen LogP contribution in [0.25, 0.3) is 10.8 Å². The van der Waals surface area contributed by atoms with Crippen LogP contribution in [0.2, 0.25) is 0 Å². The van der Waals surface area contributed by atoms with Gasteiger partial charge in [0, 0.05) is 13.1 Å². The minimum absolute atomic E-state index is 0.272. The van der Waals surface area contributed by atoms with Crippen LogP contribution >= 0.6 is 0 Å². The molecular weight excluding hydrogens is 248 g/mol. The highest BCUT2D eigenvalue weighted by Gasteiger charge is 2.12. The Labute approximate surface area is 120 Å². The highest BCUT2D eigenvalue weighted by atomic mass is 16.1. The predicted molar refractivity (Wildman–Crippen MR) is 83.3 cm³/mol. The minimum atomic E-state index is -0.272. The molecule has 0 aromatic heterocycles. The Hall–Kier alpha value is -1.87. The van der Waals surface area contributed by atoms with Crippen molar-refractivity contribution in [1.82, 2.24) is 4.90 Å². The lowest BCUT2D eigenvalue weighted by atomic mass is 10.0. The first kappa shape index (κ1) is 14.5. The van der Waals surface area contributed by atoms with E-state index in [1.807, 2.05) is 12.1 Å². The quantitative estimate of drug-likeness (QED) is 0.877. The molecule has 3 heteroatoms. The van der Waals surface area contributed by atoms with Gasteiger partial charge in [-0.3, -0.25) is 9.69 Å². The van der Waals surface area contributed by atoms with Crippen molar-refractivity contribution in [3.8, 4) is 0 Å². The van der Waals surface area contributed by atoms with Gasteiger partial charge in [-0.25, -0.2) is 0 Å². The molecule has 0 spiro atoms. The maximum absolute atomic E-state index is 11.2. The highest BCUT2D eigenvalue weighted by molar-refractivity contribution is 5.85. The molecule has 0 saturated carbocycles. The van der Waals surface area contributed by atoms with Gasteiger partial charge in [0.05, 0.1) is 6.54 Å². The summed E-state index contributed by atoms with van der Waals surface area (Å²) in [6.07, 6.45) is 0. The van der Waals surface area contributed by atoms with Crippen molar-refractivity contribution in [3.63, 3.8) is 0 Å². The van der Waals surface area contributed by atoms with Gasteiger partial charge in [-0.1, -0.05) is 56.3 Å². The van der Waals surface area contributed by atoms with E-state index in [0.29, 0.717) is 12.5 Å². The summed E-state index contributed by atoms with van der Waals surface area (Å²) in [6, 6.07) is 14.6. The molecule has 3 nitrogen and oxygen atoms in total. The molecule has 1 amide bonds. The van der Waals surface area contributed by atoms with Gasteiger partial charge in [-0.05, 0) is 22.3 Å². The number of hydrogen-bond donors (Lipinski definition) is 1. The lowest BCUT2D eigenvalue weighted by molar-refractivity contribution is -0.119. The first-order valence-electron chi connectivity index (χ1n) is 7.03. The van der Waals surface area contributed by atoms with Gasteiger partial charge in [0.1, 0.15) is 0 Å². The van der Waals surface area contributed by atoms with Crippen LogP contribution in [-0.2, 0) is 11.3 Å². The van der Waals surface area contributed by atoms with E-state index in [1.165, 1.54) is 16.3 Å². The van der Waals surface area contributed by atoms with Crippen LogP contribution < -0.4 is 5.73 Å². The second-order valence-corrected chi connectivity index (χ2v) is 5.67. The monoisotopic (exact) mass is 270 g/mol. The largest absolute Gasteiger partial charge is 0.369 e. The van der Waals surface area contributed by atoms with E-state index in [-0.39, 0.29) is 5.91 Å². The molecule has 0 bridgehead atoms. The molecule has 2 rings (SSSR count). The van der Waals surface area contributed by atoms with Gasteiger partial charge in [-0.2, -0.15) is 0 Å². The average Bonchev–Trinajstić information content (AvgIpc) is 2.37. The molecule has 0 radical (unpaired) electrons. The van der Waals surface area contributed by atoms with Crippen molar-refractivity contribution in [2.45, 2.75) is 20.4 Å². The number of carbonyl (C=O) groups excluding carboxylic acids is 1. The second-order valence-electron chi connectivity index (χ2n) is 5.67. The first-order valence-corrected chi connectivity index (χ1v) is 7.03. The third-order valence-electron chi connectivity index (χ3n) is 3.28. The summed E-state index contributed by atoms with van der Waals surface area (Å²) >= 11 is 0. The van der Waals surface area contributed by atoms with E-state index >= 15 is 0 Å². The Balaban J connectivity index is 2.25. The van der Waals surface area contributed by atoms with E-state index in [9.17, 15) is 4.79 Å². The summed E-state index contributed by atoms with van der Waals surface area (Å²) in [7, 11) is 0. The van der Waals surface area contributed by atoms with Gasteiger partial charge in [0.2, 0.25) is 5.91 Å². The van der Waals surface area contributed by atoms with E-state index < -0.39 is 0 Å². The SMILES string of the molecule is CC(C)CN(CC(N)=O)Cc1cccc2ccccc12. The fraction of sp³-hybridized carbons (Fsp3) is 0.353. The Morgan fingerprint density at radius 1 is 1.15 bits per heavy atom. The molecule has 0 atom stereocenters. The summed E-state index contributed by atoms with van der Waals surface area (Å²) in [5, 5.41) is 2.47. The van der Waals surface area contributed by atoms with E-state index in [0.717, 1.165) is 13.1 Å². The number of hydrogen-bond acceptors (Lipinski definition) is 2. The lowest BCUT2D eigenvalue weighted by Crippen LogP contribution is -2.35. The summed E-state index contributed by atoms with van der Waals surface area (Å²) in [6.45, 7) is 6.23. The molecule has 20 heavy (non-hydrogen) atoms. The third kappa shape index (κ3) is 3.81. The molecule has 2 aromatic carbocycles. The third-order valence-corrected chi connectivity index (χ3v) is 3.28. The van der Waals surface area contributed by atoms with Gasteiger partial charge in [0.15, 0.2) is 0 Å². The Kier molecular flexibility index (Phi) is 4.74. The number of amides is 1. The predicted octanol–water partition coefficient (Wildman–Crippen LogP) is 2.78. The molecule has 0 heterocycles. The number of primary amides is 1. The zero-order valence-corrected chi connectivity index (χ0v) is 12.2. The smallest absolute Gasteiger partial charge is 0.231 e. The van der Waals surface area contributed by atoms with Gasteiger partial charge in [-0.15, -0.1) is 0 Å². The number of fused-ring (bicyclic) bond motifs is 1. The van der Waals surface area contributed by atoms with Crippen molar-refractivity contribution in [3.05, 3.63) is 48.0 Å².